The summed E-state index contributed by atoms with van der Waals surface area (Å²) in [6, 6.07) is 12.2. The molecule has 82 valence electrons. The van der Waals surface area contributed by atoms with E-state index in [4.69, 9.17) is 33.7 Å². The van der Waals surface area contributed by atoms with Crippen LogP contribution < -0.4 is 10.5 Å². The summed E-state index contributed by atoms with van der Waals surface area (Å²) in [5, 5.41) is 1.06. The lowest BCUT2D eigenvalue weighted by molar-refractivity contribution is 0.485. The van der Waals surface area contributed by atoms with Crippen LogP contribution in [0.5, 0.6) is 11.5 Å². The van der Waals surface area contributed by atoms with Crippen molar-refractivity contribution in [3.05, 3.63) is 52.5 Å². The molecule has 0 saturated heterocycles. The van der Waals surface area contributed by atoms with Crippen molar-refractivity contribution in [1.29, 1.82) is 0 Å². The fourth-order valence-electron chi connectivity index (χ4n) is 1.25. The number of rotatable bonds is 2. The molecule has 2 N–H and O–H groups in total. The molecule has 0 spiro atoms. The maximum Gasteiger partial charge on any atom is 0.150 e. The lowest BCUT2D eigenvalue weighted by atomic mass is 10.3. The molecule has 0 aliphatic rings. The van der Waals surface area contributed by atoms with E-state index in [-0.39, 0.29) is 0 Å². The van der Waals surface area contributed by atoms with Gasteiger partial charge in [0.2, 0.25) is 0 Å². The van der Waals surface area contributed by atoms with E-state index in [1.165, 1.54) is 0 Å². The summed E-state index contributed by atoms with van der Waals surface area (Å²) in [4.78, 5) is 0. The molecule has 16 heavy (non-hydrogen) atoms. The van der Waals surface area contributed by atoms with E-state index in [9.17, 15) is 0 Å². The Morgan fingerprint density at radius 1 is 0.938 bits per heavy atom. The number of hydrogen-bond acceptors (Lipinski definition) is 2. The molecule has 0 aliphatic carbocycles. The van der Waals surface area contributed by atoms with Crippen molar-refractivity contribution in [1.82, 2.24) is 0 Å². The topological polar surface area (TPSA) is 35.2 Å². The second-order valence-corrected chi connectivity index (χ2v) is 4.06. The van der Waals surface area contributed by atoms with Gasteiger partial charge in [0.15, 0.2) is 0 Å². The van der Waals surface area contributed by atoms with E-state index in [0.717, 1.165) is 0 Å². The molecule has 0 saturated carbocycles. The minimum atomic E-state index is 0.493. The molecule has 0 aliphatic heterocycles. The quantitative estimate of drug-likeness (QED) is 0.807. The van der Waals surface area contributed by atoms with Gasteiger partial charge in [-0.05, 0) is 24.3 Å². The predicted molar refractivity (Wildman–Crippen MR) is 67.4 cm³/mol. The molecular formula is C12H9Cl2NO. The Balaban J connectivity index is 2.34. The van der Waals surface area contributed by atoms with Crippen LogP contribution in [-0.2, 0) is 0 Å². The molecular weight excluding hydrogens is 245 g/mol. The standard InChI is InChI=1S/C12H9Cl2NO/c13-8-5-6-9(14)12(7-8)16-11-4-2-1-3-10(11)15/h1-7H,15H2. The average molecular weight is 254 g/mol. The van der Waals surface area contributed by atoms with Crippen LogP contribution in [0.4, 0.5) is 5.69 Å². The van der Waals surface area contributed by atoms with Crippen LogP contribution in [0.3, 0.4) is 0 Å². The number of anilines is 1. The van der Waals surface area contributed by atoms with Crippen molar-refractivity contribution in [2.24, 2.45) is 0 Å². The van der Waals surface area contributed by atoms with E-state index in [1.807, 2.05) is 12.1 Å². The summed E-state index contributed by atoms with van der Waals surface area (Å²) in [5.41, 5.74) is 6.31. The molecule has 0 unspecified atom stereocenters. The van der Waals surface area contributed by atoms with Gasteiger partial charge in [-0.25, -0.2) is 0 Å². The Hall–Kier alpha value is -1.38. The third-order valence-electron chi connectivity index (χ3n) is 2.03. The highest BCUT2D eigenvalue weighted by Gasteiger charge is 2.05. The molecule has 4 heteroatoms. The smallest absolute Gasteiger partial charge is 0.150 e. The molecule has 0 atom stereocenters. The van der Waals surface area contributed by atoms with Gasteiger partial charge in [-0.15, -0.1) is 0 Å². The highest BCUT2D eigenvalue weighted by molar-refractivity contribution is 6.34. The molecule has 0 amide bonds. The zero-order valence-electron chi connectivity index (χ0n) is 8.28. The van der Waals surface area contributed by atoms with Crippen molar-refractivity contribution < 1.29 is 4.74 Å². The van der Waals surface area contributed by atoms with Gasteiger partial charge in [0.05, 0.1) is 10.7 Å². The molecule has 2 nitrogen and oxygen atoms in total. The third kappa shape index (κ3) is 2.40. The van der Waals surface area contributed by atoms with E-state index in [2.05, 4.69) is 0 Å². The molecule has 0 fully saturated rings. The van der Waals surface area contributed by atoms with Crippen LogP contribution >= 0.6 is 23.2 Å². The second kappa shape index (κ2) is 4.64. The first kappa shape index (κ1) is 11.1. The lowest BCUT2D eigenvalue weighted by Gasteiger charge is -2.09. The summed E-state index contributed by atoms with van der Waals surface area (Å²) in [6.07, 6.45) is 0. The van der Waals surface area contributed by atoms with Gasteiger partial charge in [-0.3, -0.25) is 0 Å². The number of ether oxygens (including phenoxy) is 1. The number of nitrogen functional groups attached to an aromatic ring is 1. The highest BCUT2D eigenvalue weighted by atomic mass is 35.5. The SMILES string of the molecule is Nc1ccccc1Oc1cc(Cl)ccc1Cl. The maximum atomic E-state index is 5.97. The van der Waals surface area contributed by atoms with Crippen LogP contribution in [0.2, 0.25) is 10.0 Å². The molecule has 0 bridgehead atoms. The van der Waals surface area contributed by atoms with E-state index < -0.39 is 0 Å². The van der Waals surface area contributed by atoms with Crippen LogP contribution in [0.15, 0.2) is 42.5 Å². The fraction of sp³-hybridized carbons (Fsp3) is 0. The summed E-state index contributed by atoms with van der Waals surface area (Å²) in [5.74, 6) is 1.05. The van der Waals surface area contributed by atoms with Crippen LogP contribution in [0.1, 0.15) is 0 Å². The normalized spacial score (nSPS) is 10.1. The van der Waals surface area contributed by atoms with Crippen molar-refractivity contribution in [3.63, 3.8) is 0 Å². The fourth-order valence-corrected chi connectivity index (χ4v) is 1.57. The van der Waals surface area contributed by atoms with Gasteiger partial charge in [0, 0.05) is 11.1 Å². The second-order valence-electron chi connectivity index (χ2n) is 3.21. The zero-order valence-corrected chi connectivity index (χ0v) is 9.79. The van der Waals surface area contributed by atoms with E-state index in [1.54, 1.807) is 30.3 Å². The summed E-state index contributed by atoms with van der Waals surface area (Å²) in [6.45, 7) is 0. The number of hydrogen-bond donors (Lipinski definition) is 1. The summed E-state index contributed by atoms with van der Waals surface area (Å²) < 4.78 is 5.58. The number of benzene rings is 2. The predicted octanol–water partition coefficient (Wildman–Crippen LogP) is 4.37. The Morgan fingerprint density at radius 2 is 1.69 bits per heavy atom. The minimum absolute atomic E-state index is 0.493. The first-order valence-corrected chi connectivity index (χ1v) is 5.40. The summed E-state index contributed by atoms with van der Waals surface area (Å²) in [7, 11) is 0. The Morgan fingerprint density at radius 3 is 2.44 bits per heavy atom. The number of nitrogens with two attached hydrogens (primary N) is 1. The average Bonchev–Trinajstić information content (AvgIpc) is 2.27. The first-order chi connectivity index (χ1) is 7.66. The summed E-state index contributed by atoms with van der Waals surface area (Å²) >= 11 is 11.8. The minimum Gasteiger partial charge on any atom is -0.454 e. The van der Waals surface area contributed by atoms with Gasteiger partial charge in [0.25, 0.3) is 0 Å². The monoisotopic (exact) mass is 253 g/mol. The van der Waals surface area contributed by atoms with Crippen LogP contribution in [0, 0.1) is 0 Å². The molecule has 0 radical (unpaired) electrons. The number of halogens is 2. The number of para-hydroxylation sites is 2. The van der Waals surface area contributed by atoms with Gasteiger partial charge in [-0.1, -0.05) is 35.3 Å². The van der Waals surface area contributed by atoms with Gasteiger partial charge >= 0.3 is 0 Å². The highest BCUT2D eigenvalue weighted by Crippen LogP contribution is 2.33. The Labute approximate surface area is 104 Å². The van der Waals surface area contributed by atoms with E-state index >= 15 is 0 Å². The zero-order chi connectivity index (χ0) is 11.5. The van der Waals surface area contributed by atoms with Gasteiger partial charge < -0.3 is 10.5 Å². The van der Waals surface area contributed by atoms with Crippen LogP contribution in [0.25, 0.3) is 0 Å². The van der Waals surface area contributed by atoms with E-state index in [0.29, 0.717) is 27.2 Å². The molecule has 2 aromatic rings. The largest absolute Gasteiger partial charge is 0.454 e. The molecule has 0 aromatic heterocycles. The van der Waals surface area contributed by atoms with Crippen molar-refractivity contribution in [2.75, 3.05) is 5.73 Å². The first-order valence-electron chi connectivity index (χ1n) is 4.64. The maximum absolute atomic E-state index is 5.97. The Kier molecular flexibility index (Phi) is 3.22. The van der Waals surface area contributed by atoms with Crippen molar-refractivity contribution in [2.45, 2.75) is 0 Å². The van der Waals surface area contributed by atoms with Crippen molar-refractivity contribution in [3.8, 4) is 11.5 Å². The third-order valence-corrected chi connectivity index (χ3v) is 2.58. The van der Waals surface area contributed by atoms with Gasteiger partial charge in [-0.2, -0.15) is 0 Å². The van der Waals surface area contributed by atoms with Crippen LogP contribution in [-0.4, -0.2) is 0 Å². The van der Waals surface area contributed by atoms with Gasteiger partial charge in [0.1, 0.15) is 11.5 Å². The molecule has 2 aromatic carbocycles. The molecule has 2 rings (SSSR count). The Bertz CT molecular complexity index is 514. The molecule has 0 heterocycles. The lowest BCUT2D eigenvalue weighted by Crippen LogP contribution is -1.91. The van der Waals surface area contributed by atoms with Crippen molar-refractivity contribution >= 4 is 28.9 Å².